The molecule has 1 aliphatic rings. The smallest absolute Gasteiger partial charge is 0.336 e. The number of thioether (sulfide) groups is 1. The Hall–Kier alpha value is -4.93. The Balaban J connectivity index is 1.17. The summed E-state index contributed by atoms with van der Waals surface area (Å²) in [6.45, 7) is 0.796. The quantitative estimate of drug-likeness (QED) is 0.0995. The summed E-state index contributed by atoms with van der Waals surface area (Å²) < 4.78 is 13.1. The molecule has 3 atom stereocenters. The molecule has 0 aromatic heterocycles. The number of hydrogen-bond donors (Lipinski definition) is 4. The molecule has 250 valence electrons. The van der Waals surface area contributed by atoms with Crippen LogP contribution in [0.4, 0.5) is 4.79 Å². The van der Waals surface area contributed by atoms with Crippen LogP contribution in [0.1, 0.15) is 57.0 Å². The number of amides is 2. The van der Waals surface area contributed by atoms with Crippen LogP contribution in [-0.4, -0.2) is 34.1 Å². The predicted octanol–water partition coefficient (Wildman–Crippen LogP) is 7.88. The van der Waals surface area contributed by atoms with Gasteiger partial charge in [0, 0.05) is 35.7 Å². The summed E-state index contributed by atoms with van der Waals surface area (Å²) in [5.41, 5.74) is 6.91. The topological polar surface area (TPSA) is 117 Å². The predicted molar refractivity (Wildman–Crippen MR) is 190 cm³/mol. The summed E-state index contributed by atoms with van der Waals surface area (Å²) in [7, 11) is 0. The van der Waals surface area contributed by atoms with E-state index in [-0.39, 0.29) is 30.4 Å². The van der Waals surface area contributed by atoms with E-state index in [1.54, 1.807) is 12.1 Å². The fraction of sp³-hybridized carbons (Fsp3) is 0.200. The van der Waals surface area contributed by atoms with Crippen LogP contribution in [0, 0.1) is 0 Å². The number of benzene rings is 5. The van der Waals surface area contributed by atoms with Gasteiger partial charge in [-0.05, 0) is 57.6 Å². The third-order valence-corrected chi connectivity index (χ3v) is 9.53. The summed E-state index contributed by atoms with van der Waals surface area (Å²) in [6.07, 6.45) is -0.558. The Labute approximate surface area is 290 Å². The number of aromatic carboxylic acids is 1. The molecule has 1 heterocycles. The normalized spacial score (nSPS) is 17.3. The molecule has 0 spiro atoms. The lowest BCUT2D eigenvalue weighted by Crippen LogP contribution is -2.34. The minimum Gasteiger partial charge on any atom is -0.478 e. The van der Waals surface area contributed by atoms with E-state index in [1.165, 1.54) is 11.8 Å². The standard InChI is InChI=1S/C40H38N2O6S/c43-25-28-16-18-30(19-17-28)36-22-34(26-49-37-15-5-4-14-35(37)38(44)45)47-39(48-36)33-13-7-12-32(21-33)31-11-6-10-29(20-31)24-42-40(46)41-23-27-8-2-1-3-9-27/h1-21,34,36,39,43H,22-26H2,(H,44,45)(H2,41,42,46)/t34-,36+,39+/m1/s1. The molecule has 1 saturated heterocycles. The van der Waals surface area contributed by atoms with Crippen LogP contribution in [0.2, 0.25) is 0 Å². The number of carboxylic acid groups (broad SMARTS) is 1. The van der Waals surface area contributed by atoms with Gasteiger partial charge in [0.15, 0.2) is 6.29 Å². The van der Waals surface area contributed by atoms with Gasteiger partial charge in [-0.15, -0.1) is 11.8 Å². The third-order valence-electron chi connectivity index (χ3n) is 8.33. The van der Waals surface area contributed by atoms with Gasteiger partial charge in [-0.1, -0.05) is 103 Å². The maximum Gasteiger partial charge on any atom is 0.336 e. The van der Waals surface area contributed by atoms with Crippen molar-refractivity contribution in [2.45, 2.75) is 49.5 Å². The zero-order valence-electron chi connectivity index (χ0n) is 26.8. The van der Waals surface area contributed by atoms with Crippen molar-refractivity contribution in [1.82, 2.24) is 10.6 Å². The highest BCUT2D eigenvalue weighted by Crippen LogP contribution is 2.40. The Bertz CT molecular complexity index is 1870. The van der Waals surface area contributed by atoms with E-state index in [4.69, 9.17) is 9.47 Å². The number of hydrogen-bond acceptors (Lipinski definition) is 6. The van der Waals surface area contributed by atoms with Gasteiger partial charge >= 0.3 is 12.0 Å². The van der Waals surface area contributed by atoms with Crippen molar-refractivity contribution in [3.8, 4) is 11.1 Å². The number of carboxylic acids is 1. The van der Waals surface area contributed by atoms with Crippen molar-refractivity contribution in [3.05, 3.63) is 161 Å². The number of aliphatic hydroxyl groups is 1. The first-order valence-corrected chi connectivity index (χ1v) is 17.1. The maximum atomic E-state index is 12.4. The van der Waals surface area contributed by atoms with E-state index in [1.807, 2.05) is 103 Å². The summed E-state index contributed by atoms with van der Waals surface area (Å²) >= 11 is 1.46. The monoisotopic (exact) mass is 674 g/mol. The Morgan fingerprint density at radius 2 is 1.37 bits per heavy atom. The minimum absolute atomic E-state index is 0.0364. The Kier molecular flexibility index (Phi) is 11.4. The van der Waals surface area contributed by atoms with Crippen molar-refractivity contribution in [2.24, 2.45) is 0 Å². The molecule has 8 nitrogen and oxygen atoms in total. The highest BCUT2D eigenvalue weighted by atomic mass is 32.2. The van der Waals surface area contributed by atoms with Crippen LogP contribution in [-0.2, 0) is 29.2 Å². The molecule has 49 heavy (non-hydrogen) atoms. The van der Waals surface area contributed by atoms with Crippen molar-refractivity contribution < 1.29 is 29.3 Å². The van der Waals surface area contributed by atoms with Crippen molar-refractivity contribution in [3.63, 3.8) is 0 Å². The number of carbonyl (C=O) groups is 2. The lowest BCUT2D eigenvalue weighted by atomic mass is 9.99. The second kappa shape index (κ2) is 16.5. The number of nitrogens with one attached hydrogen (secondary N) is 2. The molecular weight excluding hydrogens is 637 g/mol. The van der Waals surface area contributed by atoms with Crippen LogP contribution in [0.5, 0.6) is 0 Å². The van der Waals surface area contributed by atoms with Gasteiger partial charge in [0.05, 0.1) is 24.4 Å². The molecule has 0 saturated carbocycles. The highest BCUT2D eigenvalue weighted by molar-refractivity contribution is 7.99. The molecule has 6 rings (SSSR count). The van der Waals surface area contributed by atoms with Crippen LogP contribution in [0.15, 0.2) is 132 Å². The summed E-state index contributed by atoms with van der Waals surface area (Å²) in [4.78, 5) is 24.9. The van der Waals surface area contributed by atoms with Crippen LogP contribution >= 0.6 is 11.8 Å². The first-order chi connectivity index (χ1) is 23.9. The minimum atomic E-state index is -0.960. The van der Waals surface area contributed by atoms with Crippen LogP contribution < -0.4 is 10.6 Å². The molecule has 0 aliphatic carbocycles. The van der Waals surface area contributed by atoms with E-state index in [2.05, 4.69) is 22.8 Å². The summed E-state index contributed by atoms with van der Waals surface area (Å²) in [5.74, 6) is -0.415. The summed E-state index contributed by atoms with van der Waals surface area (Å²) in [5, 5.41) is 25.1. The van der Waals surface area contributed by atoms with Gasteiger partial charge in [0.1, 0.15) is 0 Å². The van der Waals surface area contributed by atoms with E-state index >= 15 is 0 Å². The van der Waals surface area contributed by atoms with Gasteiger partial charge in [0.2, 0.25) is 0 Å². The molecule has 5 aromatic rings. The molecule has 5 aromatic carbocycles. The zero-order chi connectivity index (χ0) is 34.0. The van der Waals surface area contributed by atoms with E-state index in [0.717, 1.165) is 38.9 Å². The highest BCUT2D eigenvalue weighted by Gasteiger charge is 2.32. The first kappa shape index (κ1) is 34.0. The lowest BCUT2D eigenvalue weighted by molar-refractivity contribution is -0.245. The fourth-order valence-electron chi connectivity index (χ4n) is 5.72. The fourth-order valence-corrected chi connectivity index (χ4v) is 6.79. The van der Waals surface area contributed by atoms with Gasteiger partial charge in [-0.2, -0.15) is 0 Å². The van der Waals surface area contributed by atoms with Gasteiger partial charge in [0.25, 0.3) is 0 Å². The first-order valence-electron chi connectivity index (χ1n) is 16.2. The van der Waals surface area contributed by atoms with Gasteiger partial charge in [-0.25, -0.2) is 9.59 Å². The molecular formula is C40H38N2O6S. The molecule has 9 heteroatoms. The number of aliphatic hydroxyl groups excluding tert-OH is 1. The largest absolute Gasteiger partial charge is 0.478 e. The SMILES string of the molecule is O=C(NCc1ccccc1)NCc1cccc(-c2cccc([C@H]3O[C@@H](CSc4ccccc4C(=O)O)C[C@@H](c4ccc(CO)cc4)O3)c2)c1. The molecule has 4 N–H and O–H groups in total. The van der Waals surface area contributed by atoms with Crippen molar-refractivity contribution >= 4 is 23.8 Å². The molecule has 0 unspecified atom stereocenters. The molecule has 2 amide bonds. The summed E-state index contributed by atoms with van der Waals surface area (Å²) in [6, 6.07) is 40.4. The second-order valence-corrected chi connectivity index (χ2v) is 12.9. The Morgan fingerprint density at radius 3 is 2.12 bits per heavy atom. The van der Waals surface area contributed by atoms with Gasteiger partial charge < -0.3 is 30.3 Å². The molecule has 0 bridgehead atoms. The van der Waals surface area contributed by atoms with Gasteiger partial charge in [-0.3, -0.25) is 0 Å². The van der Waals surface area contributed by atoms with Crippen LogP contribution in [0.3, 0.4) is 0 Å². The van der Waals surface area contributed by atoms with E-state index in [0.29, 0.717) is 30.2 Å². The van der Waals surface area contributed by atoms with Crippen molar-refractivity contribution in [2.75, 3.05) is 5.75 Å². The zero-order valence-corrected chi connectivity index (χ0v) is 27.6. The van der Waals surface area contributed by atoms with Crippen LogP contribution in [0.25, 0.3) is 11.1 Å². The number of rotatable bonds is 12. The molecule has 0 radical (unpaired) electrons. The van der Waals surface area contributed by atoms with E-state index in [9.17, 15) is 19.8 Å². The number of urea groups is 1. The molecule has 1 fully saturated rings. The third kappa shape index (κ3) is 9.16. The second-order valence-electron chi connectivity index (χ2n) is 11.8. The molecule has 1 aliphatic heterocycles. The van der Waals surface area contributed by atoms with Crippen molar-refractivity contribution in [1.29, 1.82) is 0 Å². The number of ether oxygens (including phenoxy) is 2. The average molecular weight is 675 g/mol. The maximum absolute atomic E-state index is 12.4. The lowest BCUT2D eigenvalue weighted by Gasteiger charge is -2.36. The number of carbonyl (C=O) groups excluding carboxylic acids is 1. The Morgan fingerprint density at radius 1 is 0.694 bits per heavy atom. The average Bonchev–Trinajstić information content (AvgIpc) is 3.16. The van der Waals surface area contributed by atoms with E-state index < -0.39 is 12.3 Å².